The molecule has 1 saturated heterocycles. The van der Waals surface area contributed by atoms with E-state index >= 15 is 0 Å². The van der Waals surface area contributed by atoms with Crippen molar-refractivity contribution < 1.29 is 49.1 Å². The summed E-state index contributed by atoms with van der Waals surface area (Å²) < 4.78 is 5.26. The van der Waals surface area contributed by atoms with Crippen LogP contribution in [-0.2, 0) is 30.4 Å². The van der Waals surface area contributed by atoms with Crippen LogP contribution in [0, 0.1) is 0 Å². The number of carboxylic acids is 4. The van der Waals surface area contributed by atoms with E-state index in [2.05, 4.69) is 47.1 Å². The van der Waals surface area contributed by atoms with Gasteiger partial charge in [0.25, 0.3) is 0 Å². The van der Waals surface area contributed by atoms with E-state index in [0.717, 1.165) is 57.1 Å². The maximum absolute atomic E-state index is 12.7. The highest BCUT2D eigenvalue weighted by Crippen LogP contribution is 2.23. The molecule has 0 radical (unpaired) electrons. The van der Waals surface area contributed by atoms with Crippen molar-refractivity contribution in [2.45, 2.75) is 32.7 Å². The largest absolute Gasteiger partial charge is 0.497 e. The number of ether oxygens (including phenoxy) is 1. The third kappa shape index (κ3) is 13.2. The maximum Gasteiger partial charge on any atom is 0.414 e. The number of methoxy groups -OCH3 is 1. The lowest BCUT2D eigenvalue weighted by atomic mass is 10.1. The average Bonchev–Trinajstić information content (AvgIpc) is 2.98. The quantitative estimate of drug-likeness (QED) is 0.312. The number of hydrogen-bond acceptors (Lipinski definition) is 8. The van der Waals surface area contributed by atoms with E-state index in [1.165, 1.54) is 5.56 Å². The van der Waals surface area contributed by atoms with Gasteiger partial charge in [0.05, 0.1) is 7.11 Å². The zero-order valence-corrected chi connectivity index (χ0v) is 24.0. The number of aliphatic carboxylic acids is 4. The van der Waals surface area contributed by atoms with Gasteiger partial charge in [-0.1, -0.05) is 37.3 Å². The lowest BCUT2D eigenvalue weighted by molar-refractivity contribution is -0.159. The summed E-state index contributed by atoms with van der Waals surface area (Å²) in [6.45, 7) is 10.4. The van der Waals surface area contributed by atoms with Gasteiger partial charge in [0.15, 0.2) is 0 Å². The summed E-state index contributed by atoms with van der Waals surface area (Å²) in [6.07, 6.45) is 1.61. The lowest BCUT2D eigenvalue weighted by Gasteiger charge is -2.38. The molecule has 1 aliphatic rings. The van der Waals surface area contributed by atoms with Gasteiger partial charge in [-0.15, -0.1) is 0 Å². The number of rotatable bonds is 9. The van der Waals surface area contributed by atoms with Gasteiger partial charge in [-0.2, -0.15) is 0 Å². The summed E-state index contributed by atoms with van der Waals surface area (Å²) in [6, 6.07) is 18.6. The number of anilines is 1. The van der Waals surface area contributed by atoms with E-state index in [0.29, 0.717) is 6.42 Å². The Kier molecular flexibility index (Phi) is 15.9. The molecule has 1 amide bonds. The van der Waals surface area contributed by atoms with E-state index in [1.54, 1.807) is 7.11 Å². The first-order valence-electron chi connectivity index (χ1n) is 13.3. The first-order valence-corrected chi connectivity index (χ1v) is 13.3. The second kappa shape index (κ2) is 18.8. The first kappa shape index (κ1) is 35.5. The highest BCUT2D eigenvalue weighted by molar-refractivity contribution is 6.27. The minimum absolute atomic E-state index is 0.127. The third-order valence-electron chi connectivity index (χ3n) is 6.28. The molecule has 2 aromatic carbocycles. The molecule has 13 heteroatoms. The summed E-state index contributed by atoms with van der Waals surface area (Å²) >= 11 is 0. The van der Waals surface area contributed by atoms with Crippen LogP contribution in [0.1, 0.15) is 25.8 Å². The van der Waals surface area contributed by atoms with Gasteiger partial charge in [0, 0.05) is 57.4 Å². The number of nitrogens with zero attached hydrogens (tertiary/aromatic N) is 3. The molecule has 0 aliphatic carbocycles. The molecule has 4 N–H and O–H groups in total. The first-order chi connectivity index (χ1) is 19.9. The van der Waals surface area contributed by atoms with Crippen LogP contribution >= 0.6 is 0 Å². The standard InChI is InChI=1S/C25H35N3O2.2C2H2O4/c1-4-25(29)28(23-10-12-24(30-3)13-11-23)21(2)20-27-18-16-26(17-19-27)15-14-22-8-6-5-7-9-22;2*3-1(4)2(5)6/h5-13,21H,4,14-20H2,1-3H3;2*(H,3,4)(H,5,6). The molecular weight excluding hydrogens is 550 g/mol. The molecular formula is C29H39N3O10. The summed E-state index contributed by atoms with van der Waals surface area (Å²) in [7, 11) is 1.66. The number of carbonyl (C=O) groups excluding carboxylic acids is 1. The van der Waals surface area contributed by atoms with Gasteiger partial charge in [-0.25, -0.2) is 19.2 Å². The second-order valence-corrected chi connectivity index (χ2v) is 9.26. The van der Waals surface area contributed by atoms with Crippen molar-refractivity contribution in [3.05, 3.63) is 60.2 Å². The van der Waals surface area contributed by atoms with Crippen molar-refractivity contribution in [3.8, 4) is 5.75 Å². The molecule has 3 rings (SSSR count). The molecule has 0 spiro atoms. The SMILES string of the molecule is CCC(=O)N(c1ccc(OC)cc1)C(C)CN1CCN(CCc2ccccc2)CC1.O=C(O)C(=O)O.O=C(O)C(=O)O. The molecule has 0 bridgehead atoms. The molecule has 1 heterocycles. The average molecular weight is 590 g/mol. The minimum Gasteiger partial charge on any atom is -0.497 e. The second-order valence-electron chi connectivity index (χ2n) is 9.26. The molecule has 230 valence electrons. The Morgan fingerprint density at radius 2 is 1.26 bits per heavy atom. The Morgan fingerprint density at radius 1 is 0.786 bits per heavy atom. The van der Waals surface area contributed by atoms with Crippen molar-refractivity contribution in [1.29, 1.82) is 0 Å². The summed E-state index contributed by atoms with van der Waals surface area (Å²) in [5, 5.41) is 29.6. The van der Waals surface area contributed by atoms with Gasteiger partial charge in [-0.05, 0) is 43.2 Å². The number of piperazine rings is 1. The van der Waals surface area contributed by atoms with E-state index in [4.69, 9.17) is 44.3 Å². The molecule has 1 fully saturated rings. The van der Waals surface area contributed by atoms with Crippen LogP contribution in [-0.4, -0.2) is 112 Å². The molecule has 1 atom stereocenters. The lowest BCUT2D eigenvalue weighted by Crippen LogP contribution is -2.52. The number of amides is 1. The van der Waals surface area contributed by atoms with Crippen LogP contribution in [0.15, 0.2) is 54.6 Å². The zero-order chi connectivity index (χ0) is 31.7. The Morgan fingerprint density at radius 3 is 1.69 bits per heavy atom. The molecule has 13 nitrogen and oxygen atoms in total. The third-order valence-corrected chi connectivity index (χ3v) is 6.28. The van der Waals surface area contributed by atoms with Crippen molar-refractivity contribution in [3.63, 3.8) is 0 Å². The summed E-state index contributed by atoms with van der Waals surface area (Å²) in [5.41, 5.74) is 2.35. The van der Waals surface area contributed by atoms with Crippen LogP contribution in [0.3, 0.4) is 0 Å². The van der Waals surface area contributed by atoms with Gasteiger partial charge >= 0.3 is 23.9 Å². The van der Waals surface area contributed by atoms with Crippen LogP contribution < -0.4 is 9.64 Å². The normalized spacial score (nSPS) is 13.7. The van der Waals surface area contributed by atoms with E-state index < -0.39 is 23.9 Å². The van der Waals surface area contributed by atoms with E-state index in [1.807, 2.05) is 36.1 Å². The van der Waals surface area contributed by atoms with Gasteiger partial charge < -0.3 is 35.0 Å². The van der Waals surface area contributed by atoms with Crippen molar-refractivity contribution in [2.75, 3.05) is 51.3 Å². The zero-order valence-electron chi connectivity index (χ0n) is 24.0. The van der Waals surface area contributed by atoms with Gasteiger partial charge in [0.2, 0.25) is 5.91 Å². The Hall–Kier alpha value is -4.49. The highest BCUT2D eigenvalue weighted by atomic mass is 16.5. The Balaban J connectivity index is 0.000000618. The molecule has 1 aliphatic heterocycles. The number of carbonyl (C=O) groups is 5. The predicted octanol–water partition coefficient (Wildman–Crippen LogP) is 2.00. The molecule has 42 heavy (non-hydrogen) atoms. The minimum atomic E-state index is -1.82. The molecule has 0 aromatic heterocycles. The Labute approximate surface area is 244 Å². The van der Waals surface area contributed by atoms with Crippen molar-refractivity contribution >= 4 is 35.5 Å². The van der Waals surface area contributed by atoms with Crippen LogP contribution in [0.25, 0.3) is 0 Å². The number of benzene rings is 2. The van der Waals surface area contributed by atoms with Crippen LogP contribution in [0.5, 0.6) is 5.75 Å². The molecule has 1 unspecified atom stereocenters. The number of carboxylic acid groups (broad SMARTS) is 4. The fraction of sp³-hybridized carbons (Fsp3) is 0.414. The molecule has 2 aromatic rings. The highest BCUT2D eigenvalue weighted by Gasteiger charge is 2.25. The predicted molar refractivity (Wildman–Crippen MR) is 154 cm³/mol. The maximum atomic E-state index is 12.7. The Bertz CT molecular complexity index is 1100. The molecule has 0 saturated carbocycles. The van der Waals surface area contributed by atoms with Crippen LogP contribution in [0.2, 0.25) is 0 Å². The van der Waals surface area contributed by atoms with Crippen LogP contribution in [0.4, 0.5) is 5.69 Å². The monoisotopic (exact) mass is 589 g/mol. The van der Waals surface area contributed by atoms with Gasteiger partial charge in [0.1, 0.15) is 5.75 Å². The summed E-state index contributed by atoms with van der Waals surface area (Å²) in [5.74, 6) is -6.33. The fourth-order valence-electron chi connectivity index (χ4n) is 4.14. The van der Waals surface area contributed by atoms with Crippen molar-refractivity contribution in [1.82, 2.24) is 9.80 Å². The number of hydrogen-bond donors (Lipinski definition) is 4. The van der Waals surface area contributed by atoms with E-state index in [9.17, 15) is 4.79 Å². The topological polar surface area (TPSA) is 185 Å². The fourth-order valence-corrected chi connectivity index (χ4v) is 4.14. The van der Waals surface area contributed by atoms with E-state index in [-0.39, 0.29) is 11.9 Å². The smallest absolute Gasteiger partial charge is 0.414 e. The van der Waals surface area contributed by atoms with Crippen molar-refractivity contribution in [2.24, 2.45) is 0 Å². The summed E-state index contributed by atoms with van der Waals surface area (Å²) in [4.78, 5) is 56.1. The van der Waals surface area contributed by atoms with Gasteiger partial charge in [-0.3, -0.25) is 9.69 Å².